The third-order valence-electron chi connectivity index (χ3n) is 2.62. The zero-order chi connectivity index (χ0) is 11.8. The third-order valence-corrected chi connectivity index (χ3v) is 4.15. The van der Waals surface area contributed by atoms with Crippen LogP contribution in [0.5, 0.6) is 0 Å². The molecule has 17 heavy (non-hydrogen) atoms. The minimum absolute atomic E-state index is 0.0238. The summed E-state index contributed by atoms with van der Waals surface area (Å²) < 4.78 is 1.05. The molecule has 2 nitrogen and oxygen atoms in total. The lowest BCUT2D eigenvalue weighted by atomic mass is 10.1. The summed E-state index contributed by atoms with van der Waals surface area (Å²) in [6, 6.07) is 12.3. The van der Waals surface area contributed by atoms with Crippen LogP contribution in [0.2, 0.25) is 0 Å². The van der Waals surface area contributed by atoms with E-state index in [2.05, 4.69) is 39.1 Å². The number of benzene rings is 2. The van der Waals surface area contributed by atoms with Gasteiger partial charge in [0.05, 0.1) is 4.88 Å². The smallest absolute Gasteiger partial charge is 0.305 e. The summed E-state index contributed by atoms with van der Waals surface area (Å²) in [6.45, 7) is 0. The number of aromatic amines is 1. The Morgan fingerprint density at radius 2 is 2.00 bits per heavy atom. The summed E-state index contributed by atoms with van der Waals surface area (Å²) in [6.07, 6.45) is 1.75. The zero-order valence-electron chi connectivity index (χ0n) is 8.74. The number of halogens is 1. The van der Waals surface area contributed by atoms with Gasteiger partial charge in [-0.25, -0.2) is 0 Å². The fourth-order valence-corrected chi connectivity index (χ4v) is 3.11. The van der Waals surface area contributed by atoms with Crippen molar-refractivity contribution >= 4 is 38.0 Å². The van der Waals surface area contributed by atoms with Crippen LogP contribution in [0, 0.1) is 0 Å². The molecule has 0 aliphatic heterocycles. The number of hydrogen-bond acceptors (Lipinski definition) is 2. The molecule has 2 aromatic carbocycles. The van der Waals surface area contributed by atoms with Crippen molar-refractivity contribution in [2.45, 2.75) is 0 Å². The van der Waals surface area contributed by atoms with Crippen molar-refractivity contribution in [2.24, 2.45) is 0 Å². The van der Waals surface area contributed by atoms with Gasteiger partial charge in [-0.2, -0.15) is 0 Å². The van der Waals surface area contributed by atoms with Crippen molar-refractivity contribution in [3.63, 3.8) is 0 Å². The molecule has 3 aromatic rings. The highest BCUT2D eigenvalue weighted by Crippen LogP contribution is 2.31. The average molecular weight is 306 g/mol. The van der Waals surface area contributed by atoms with E-state index in [0.29, 0.717) is 0 Å². The van der Waals surface area contributed by atoms with E-state index in [-0.39, 0.29) is 4.87 Å². The highest BCUT2D eigenvalue weighted by molar-refractivity contribution is 9.10. The van der Waals surface area contributed by atoms with E-state index in [1.54, 1.807) is 6.20 Å². The fraction of sp³-hybridized carbons (Fsp3) is 0. The molecule has 0 atom stereocenters. The van der Waals surface area contributed by atoms with Crippen LogP contribution in [0.4, 0.5) is 0 Å². The lowest BCUT2D eigenvalue weighted by molar-refractivity contribution is 1.34. The number of aromatic nitrogens is 1. The van der Waals surface area contributed by atoms with Crippen molar-refractivity contribution in [3.8, 4) is 10.4 Å². The predicted molar refractivity (Wildman–Crippen MR) is 75.6 cm³/mol. The Bertz CT molecular complexity index is 744. The Kier molecular flexibility index (Phi) is 2.61. The molecule has 0 spiro atoms. The van der Waals surface area contributed by atoms with Gasteiger partial charge in [-0.05, 0) is 28.5 Å². The molecule has 0 saturated heterocycles. The van der Waals surface area contributed by atoms with E-state index in [0.717, 1.165) is 20.3 Å². The Hall–Kier alpha value is -1.39. The van der Waals surface area contributed by atoms with E-state index >= 15 is 0 Å². The van der Waals surface area contributed by atoms with Gasteiger partial charge in [-0.1, -0.05) is 51.5 Å². The molecule has 84 valence electrons. The van der Waals surface area contributed by atoms with Gasteiger partial charge in [0.1, 0.15) is 0 Å². The molecule has 3 rings (SSSR count). The standard InChI is InChI=1S/C13H8BrNOS/c14-11-6-9(12-7-15-13(16)17-12)5-8-3-1-2-4-10(8)11/h1-7H,(H,15,16). The minimum Gasteiger partial charge on any atom is -0.319 e. The molecule has 1 heterocycles. The van der Waals surface area contributed by atoms with E-state index in [1.165, 1.54) is 16.7 Å². The number of hydrogen-bond donors (Lipinski definition) is 1. The van der Waals surface area contributed by atoms with Crippen LogP contribution in [-0.4, -0.2) is 4.98 Å². The number of thiazole rings is 1. The Labute approximate surface area is 110 Å². The average Bonchev–Trinajstić information content (AvgIpc) is 2.76. The molecule has 1 aromatic heterocycles. The van der Waals surface area contributed by atoms with Gasteiger partial charge in [0.2, 0.25) is 0 Å². The minimum atomic E-state index is -0.0238. The van der Waals surface area contributed by atoms with Crippen LogP contribution >= 0.6 is 27.3 Å². The van der Waals surface area contributed by atoms with Gasteiger partial charge in [-0.15, -0.1) is 0 Å². The number of rotatable bonds is 1. The summed E-state index contributed by atoms with van der Waals surface area (Å²) in [4.78, 5) is 14.8. The maximum Gasteiger partial charge on any atom is 0.305 e. The number of nitrogens with one attached hydrogen (secondary N) is 1. The van der Waals surface area contributed by atoms with Gasteiger partial charge in [0.25, 0.3) is 0 Å². The quantitative estimate of drug-likeness (QED) is 0.723. The Balaban J connectivity index is 2.28. The first kappa shape index (κ1) is 10.7. The van der Waals surface area contributed by atoms with Crippen LogP contribution < -0.4 is 4.87 Å². The maximum atomic E-state index is 11.2. The van der Waals surface area contributed by atoms with E-state index in [4.69, 9.17) is 0 Å². The third kappa shape index (κ3) is 1.94. The van der Waals surface area contributed by atoms with Crippen molar-refractivity contribution in [1.29, 1.82) is 0 Å². The lowest BCUT2D eigenvalue weighted by Crippen LogP contribution is -1.88. The second-order valence-electron chi connectivity index (χ2n) is 3.72. The molecule has 0 aliphatic carbocycles. The van der Waals surface area contributed by atoms with E-state index < -0.39 is 0 Å². The first-order chi connectivity index (χ1) is 8.24. The summed E-state index contributed by atoms with van der Waals surface area (Å²) in [5, 5.41) is 2.34. The maximum absolute atomic E-state index is 11.2. The predicted octanol–water partition coefficient (Wildman–Crippen LogP) is 4.02. The lowest BCUT2D eigenvalue weighted by Gasteiger charge is -2.04. The van der Waals surface area contributed by atoms with E-state index in [9.17, 15) is 4.79 Å². The molecule has 0 fully saturated rings. The largest absolute Gasteiger partial charge is 0.319 e. The SMILES string of the molecule is O=c1[nH]cc(-c2cc(Br)c3ccccc3c2)s1. The van der Waals surface area contributed by atoms with Crippen LogP contribution in [-0.2, 0) is 0 Å². The first-order valence-electron chi connectivity index (χ1n) is 5.11. The Morgan fingerprint density at radius 1 is 1.18 bits per heavy atom. The highest BCUT2D eigenvalue weighted by Gasteiger charge is 2.05. The van der Waals surface area contributed by atoms with Crippen molar-refractivity contribution < 1.29 is 0 Å². The monoisotopic (exact) mass is 305 g/mol. The van der Waals surface area contributed by atoms with E-state index in [1.807, 2.05) is 18.2 Å². The van der Waals surface area contributed by atoms with Gasteiger partial charge < -0.3 is 4.98 Å². The summed E-state index contributed by atoms with van der Waals surface area (Å²) in [5.74, 6) is 0. The van der Waals surface area contributed by atoms with Crippen LogP contribution in [0.15, 0.2) is 51.9 Å². The fourth-order valence-electron chi connectivity index (χ4n) is 1.83. The number of H-pyrrole nitrogens is 1. The van der Waals surface area contributed by atoms with Crippen molar-refractivity contribution in [2.75, 3.05) is 0 Å². The summed E-state index contributed by atoms with van der Waals surface area (Å²) in [7, 11) is 0. The first-order valence-corrected chi connectivity index (χ1v) is 6.72. The molecule has 0 unspecified atom stereocenters. The summed E-state index contributed by atoms with van der Waals surface area (Å²) >= 11 is 4.79. The van der Waals surface area contributed by atoms with Gasteiger partial charge in [0.15, 0.2) is 0 Å². The normalized spacial score (nSPS) is 10.9. The molecule has 1 N–H and O–H groups in total. The molecule has 0 bridgehead atoms. The molecule has 0 radical (unpaired) electrons. The van der Waals surface area contributed by atoms with Crippen LogP contribution in [0.1, 0.15) is 0 Å². The van der Waals surface area contributed by atoms with Crippen molar-refractivity contribution in [1.82, 2.24) is 4.98 Å². The van der Waals surface area contributed by atoms with Gasteiger partial charge in [-0.3, -0.25) is 4.79 Å². The molecule has 0 aliphatic rings. The second kappa shape index (κ2) is 4.13. The second-order valence-corrected chi connectivity index (χ2v) is 5.59. The molecule has 0 amide bonds. The van der Waals surface area contributed by atoms with Gasteiger partial charge >= 0.3 is 4.87 Å². The summed E-state index contributed by atoms with van der Waals surface area (Å²) in [5.41, 5.74) is 1.05. The molecular weight excluding hydrogens is 298 g/mol. The van der Waals surface area contributed by atoms with Gasteiger partial charge in [0, 0.05) is 10.7 Å². The molecular formula is C13H8BrNOS. The van der Waals surface area contributed by atoms with Crippen LogP contribution in [0.25, 0.3) is 21.2 Å². The molecule has 4 heteroatoms. The zero-order valence-corrected chi connectivity index (χ0v) is 11.1. The highest BCUT2D eigenvalue weighted by atomic mass is 79.9. The van der Waals surface area contributed by atoms with Crippen molar-refractivity contribution in [3.05, 3.63) is 56.7 Å². The topological polar surface area (TPSA) is 32.9 Å². The molecule has 0 saturated carbocycles. The Morgan fingerprint density at radius 3 is 2.76 bits per heavy atom. The number of fused-ring (bicyclic) bond motifs is 1. The van der Waals surface area contributed by atoms with Crippen LogP contribution in [0.3, 0.4) is 0 Å².